The van der Waals surface area contributed by atoms with E-state index in [2.05, 4.69) is 60.0 Å². The van der Waals surface area contributed by atoms with Gasteiger partial charge in [0, 0.05) is 43.1 Å². The number of nitrogens with zero attached hydrogens (tertiary/aromatic N) is 2. The van der Waals surface area contributed by atoms with Crippen LogP contribution in [0.3, 0.4) is 0 Å². The first-order chi connectivity index (χ1) is 19.2. The van der Waals surface area contributed by atoms with E-state index in [1.54, 1.807) is 0 Å². The molecule has 0 saturated carbocycles. The molecule has 3 heterocycles. The van der Waals surface area contributed by atoms with E-state index in [1.165, 1.54) is 37.1 Å². The molecule has 2 saturated heterocycles. The summed E-state index contributed by atoms with van der Waals surface area (Å²) in [6.45, 7) is 8.58. The van der Waals surface area contributed by atoms with Crippen molar-refractivity contribution in [1.29, 1.82) is 0 Å². The number of hydrogen-bond donors (Lipinski definition) is 0. The van der Waals surface area contributed by atoms with Gasteiger partial charge in [-0.2, -0.15) is 0 Å². The zero-order valence-electron chi connectivity index (χ0n) is 22.5. The van der Waals surface area contributed by atoms with Crippen molar-refractivity contribution in [2.45, 2.75) is 45.6 Å². The second-order valence-electron chi connectivity index (χ2n) is 10.8. The molecule has 0 aliphatic carbocycles. The Morgan fingerprint density at radius 2 is 1.23 bits per heavy atom. The summed E-state index contributed by atoms with van der Waals surface area (Å²) in [6.07, 6.45) is 6.07. The Bertz CT molecular complexity index is 1470. The van der Waals surface area contributed by atoms with Crippen molar-refractivity contribution in [3.63, 3.8) is 0 Å². The molecule has 0 N–H and O–H groups in total. The highest BCUT2D eigenvalue weighted by Crippen LogP contribution is 2.49. The minimum absolute atomic E-state index is 0.0515. The van der Waals surface area contributed by atoms with E-state index >= 15 is 0 Å². The Morgan fingerprint density at radius 1 is 0.750 bits per heavy atom. The van der Waals surface area contributed by atoms with Gasteiger partial charge in [0.05, 0.1) is 25.7 Å². The second-order valence-corrected chi connectivity index (χ2v) is 12.3. The van der Waals surface area contributed by atoms with E-state index in [0.717, 1.165) is 54.0 Å². The van der Waals surface area contributed by atoms with Crippen LogP contribution in [0.4, 0.5) is 11.4 Å². The van der Waals surface area contributed by atoms with Crippen LogP contribution in [0, 0.1) is 13.8 Å². The maximum atomic E-state index is 13.0. The number of halogens is 4. The van der Waals surface area contributed by atoms with Gasteiger partial charge in [0.2, 0.25) is 0 Å². The van der Waals surface area contributed by atoms with Crippen molar-refractivity contribution in [2.24, 2.45) is 0 Å². The summed E-state index contributed by atoms with van der Waals surface area (Å²) in [7, 11) is 0. The molecule has 0 amide bonds. The number of ether oxygens (including phenoxy) is 1. The van der Waals surface area contributed by atoms with Gasteiger partial charge in [-0.15, -0.1) is 0 Å². The predicted octanol–water partition coefficient (Wildman–Crippen LogP) is 9.46. The van der Waals surface area contributed by atoms with Crippen LogP contribution in [0.25, 0.3) is 5.57 Å². The van der Waals surface area contributed by atoms with Gasteiger partial charge in [-0.25, -0.2) is 4.79 Å². The van der Waals surface area contributed by atoms with E-state index in [0.29, 0.717) is 5.56 Å². The zero-order chi connectivity index (χ0) is 28.1. The van der Waals surface area contributed by atoms with Crippen molar-refractivity contribution in [2.75, 3.05) is 36.0 Å². The Labute approximate surface area is 255 Å². The maximum absolute atomic E-state index is 13.0. The fourth-order valence-electron chi connectivity index (χ4n) is 6.19. The number of carbonyl (C=O) groups is 1. The Balaban J connectivity index is 1.50. The van der Waals surface area contributed by atoms with Crippen LogP contribution >= 0.6 is 46.4 Å². The van der Waals surface area contributed by atoms with Gasteiger partial charge in [0.15, 0.2) is 0 Å². The molecule has 0 aromatic heterocycles. The average molecular weight is 616 g/mol. The summed E-state index contributed by atoms with van der Waals surface area (Å²) >= 11 is 25.8. The third-order valence-electron chi connectivity index (χ3n) is 8.29. The lowest BCUT2D eigenvalue weighted by Crippen LogP contribution is -2.18. The number of fused-ring (bicyclic) bond motifs is 1. The average Bonchev–Trinajstić information content (AvgIpc) is 3.72. The van der Waals surface area contributed by atoms with Gasteiger partial charge in [0.25, 0.3) is 0 Å². The highest BCUT2D eigenvalue weighted by molar-refractivity contribution is 6.53. The van der Waals surface area contributed by atoms with Crippen LogP contribution in [0.15, 0.2) is 42.5 Å². The number of cyclic esters (lactones) is 1. The summed E-state index contributed by atoms with van der Waals surface area (Å²) in [5.41, 5.74) is 8.44. The summed E-state index contributed by atoms with van der Waals surface area (Å²) in [4.78, 5) is 17.8. The molecule has 0 bridgehead atoms. The second kappa shape index (κ2) is 11.1. The normalized spacial score (nSPS) is 18.4. The highest BCUT2D eigenvalue weighted by Gasteiger charge is 2.38. The number of carbonyl (C=O) groups excluding carboxylic acids is 1. The van der Waals surface area contributed by atoms with Crippen molar-refractivity contribution in [3.8, 4) is 0 Å². The van der Waals surface area contributed by atoms with Crippen LogP contribution in [-0.2, 0) is 4.74 Å². The lowest BCUT2D eigenvalue weighted by molar-refractivity contribution is 0.0468. The molecule has 0 spiro atoms. The highest BCUT2D eigenvalue weighted by atomic mass is 35.5. The van der Waals surface area contributed by atoms with E-state index in [1.807, 2.05) is 6.08 Å². The third kappa shape index (κ3) is 4.87. The van der Waals surface area contributed by atoms with Gasteiger partial charge in [0.1, 0.15) is 6.10 Å². The van der Waals surface area contributed by atoms with Gasteiger partial charge in [-0.3, -0.25) is 0 Å². The Kier molecular flexibility index (Phi) is 7.73. The van der Waals surface area contributed by atoms with Crippen molar-refractivity contribution < 1.29 is 9.53 Å². The molecule has 3 aliphatic heterocycles. The Morgan fingerprint density at radius 3 is 1.70 bits per heavy atom. The van der Waals surface area contributed by atoms with Gasteiger partial charge in [-0.05, 0) is 97.7 Å². The predicted molar refractivity (Wildman–Crippen MR) is 167 cm³/mol. The molecule has 208 valence electrons. The number of rotatable bonds is 5. The molecule has 4 nitrogen and oxygen atoms in total. The van der Waals surface area contributed by atoms with Crippen molar-refractivity contribution >= 4 is 69.3 Å². The molecule has 0 radical (unpaired) electrons. The van der Waals surface area contributed by atoms with E-state index < -0.39 is 12.1 Å². The van der Waals surface area contributed by atoms with Crippen LogP contribution in [-0.4, -0.2) is 32.1 Å². The van der Waals surface area contributed by atoms with Gasteiger partial charge >= 0.3 is 5.97 Å². The molecule has 3 aromatic carbocycles. The monoisotopic (exact) mass is 614 g/mol. The minimum Gasteiger partial charge on any atom is -0.449 e. The molecular weight excluding hydrogens is 586 g/mol. The maximum Gasteiger partial charge on any atom is 0.341 e. The molecule has 6 rings (SSSR count). The summed E-state index contributed by atoms with van der Waals surface area (Å²) in [5, 5.41) is 0.406. The quantitative estimate of drug-likeness (QED) is 0.163. The number of benzene rings is 3. The third-order valence-corrected chi connectivity index (χ3v) is 10.1. The molecule has 2 fully saturated rings. The zero-order valence-corrected chi connectivity index (χ0v) is 25.5. The minimum atomic E-state index is -0.771. The lowest BCUT2D eigenvalue weighted by atomic mass is 9.89. The molecular formula is C32H30Cl4N2O2. The molecule has 8 heteroatoms. The first-order valence-electron chi connectivity index (χ1n) is 13.7. The van der Waals surface area contributed by atoms with Crippen LogP contribution in [0.2, 0.25) is 20.1 Å². The number of hydrogen-bond acceptors (Lipinski definition) is 4. The standard InChI is InChI=1S/C32H30Cl4N2O2/c1-18-15-20(37-11-3-4-12-37)7-9-22(18)24(23-10-8-21(16-19(23)2)38-13-5-6-14-38)17-25-26-27(32(39)40-25)29(34)31(36)30(35)28(26)33/h7-10,15-17,25H,3-6,11-14H2,1-2H3. The van der Waals surface area contributed by atoms with Crippen molar-refractivity contribution in [3.05, 3.63) is 95.9 Å². The molecule has 3 aromatic rings. The fraction of sp³-hybridized carbons (Fsp3) is 0.344. The first-order valence-corrected chi connectivity index (χ1v) is 15.3. The SMILES string of the molecule is Cc1cc(N2CCCC2)ccc1C(=CC1OC(=O)c2c(Cl)c(Cl)c(Cl)c(Cl)c21)c1ccc(N2CCCC2)cc1C. The topological polar surface area (TPSA) is 32.8 Å². The lowest BCUT2D eigenvalue weighted by Gasteiger charge is -2.23. The number of aryl methyl sites for hydroxylation is 2. The van der Waals surface area contributed by atoms with Crippen LogP contribution < -0.4 is 9.80 Å². The molecule has 3 aliphatic rings. The first kappa shape index (κ1) is 27.8. The fourth-order valence-corrected chi connectivity index (χ4v) is 7.24. The summed E-state index contributed by atoms with van der Waals surface area (Å²) in [6, 6.07) is 13.2. The smallest absolute Gasteiger partial charge is 0.341 e. The van der Waals surface area contributed by atoms with Gasteiger partial charge < -0.3 is 14.5 Å². The van der Waals surface area contributed by atoms with Crippen molar-refractivity contribution in [1.82, 2.24) is 0 Å². The largest absolute Gasteiger partial charge is 0.449 e. The van der Waals surface area contributed by atoms with Crippen LogP contribution in [0.1, 0.15) is 70.0 Å². The van der Waals surface area contributed by atoms with Crippen LogP contribution in [0.5, 0.6) is 0 Å². The summed E-state index contributed by atoms with van der Waals surface area (Å²) in [5.74, 6) is -0.566. The van der Waals surface area contributed by atoms with E-state index in [9.17, 15) is 4.79 Å². The van der Waals surface area contributed by atoms with E-state index in [4.69, 9.17) is 51.1 Å². The summed E-state index contributed by atoms with van der Waals surface area (Å²) < 4.78 is 5.85. The number of esters is 1. The van der Waals surface area contributed by atoms with Gasteiger partial charge in [-0.1, -0.05) is 58.5 Å². The van der Waals surface area contributed by atoms with E-state index in [-0.39, 0.29) is 25.7 Å². The molecule has 1 unspecified atom stereocenters. The number of anilines is 2. The molecule has 1 atom stereocenters. The molecule has 40 heavy (non-hydrogen) atoms. The Hall–Kier alpha value is -2.37.